The topological polar surface area (TPSA) is 92.4 Å². The van der Waals surface area contributed by atoms with Gasteiger partial charge in [-0.2, -0.15) is 0 Å². The van der Waals surface area contributed by atoms with E-state index in [9.17, 15) is 18.8 Å². The number of ketones is 1. The summed E-state index contributed by atoms with van der Waals surface area (Å²) in [6.07, 6.45) is 2.72. The normalized spacial score (nSPS) is 19.4. The van der Waals surface area contributed by atoms with E-state index < -0.39 is 5.82 Å². The average Bonchev–Trinajstić information content (AvgIpc) is 3.11. The minimum atomic E-state index is -0.449. The lowest BCUT2D eigenvalue weighted by molar-refractivity contribution is 0.0453. The number of rotatable bonds is 2. The molecule has 1 aromatic carbocycles. The molecule has 0 saturated carbocycles. The van der Waals surface area contributed by atoms with Crippen molar-refractivity contribution in [3.63, 3.8) is 0 Å². The van der Waals surface area contributed by atoms with E-state index in [0.717, 1.165) is 0 Å². The maximum Gasteiger partial charge on any atom is 0.264 e. The monoisotopic (exact) mass is 441 g/mol. The van der Waals surface area contributed by atoms with Gasteiger partial charge in [0.1, 0.15) is 22.5 Å². The quantitative estimate of drug-likeness (QED) is 0.659. The lowest BCUT2D eigenvalue weighted by Crippen LogP contribution is -2.44. The Labute approximate surface area is 180 Å². The molecule has 2 aliphatic heterocycles. The van der Waals surface area contributed by atoms with Crippen LogP contribution in [0.5, 0.6) is 5.75 Å². The van der Waals surface area contributed by atoms with Gasteiger partial charge in [0, 0.05) is 19.5 Å². The predicted molar refractivity (Wildman–Crippen MR) is 113 cm³/mol. The van der Waals surface area contributed by atoms with E-state index in [1.54, 1.807) is 11.8 Å². The number of piperidine rings is 1. The number of likely N-dealkylation sites (tertiary alicyclic amines) is 1. The van der Waals surface area contributed by atoms with E-state index in [-0.39, 0.29) is 35.7 Å². The third kappa shape index (κ3) is 3.42. The summed E-state index contributed by atoms with van der Waals surface area (Å²) in [5.74, 6) is -0.0867. The standard InChI is InChI=1S/C22H20FN3O4S/c1-11-18-20(28)24-10-25-21(18)31-19(11)22(29)26-6-4-12(5-7-26)17-9-15(27)14-8-13(23)2-3-16(14)30-17/h2-3,8,10,12,17H,4-7,9H2,1H3,(H,24,25,28)/t17-/m0/s1. The number of carbonyl (C=O) groups excluding carboxylic acids is 2. The number of thiophene rings is 1. The molecule has 0 unspecified atom stereocenters. The van der Waals surface area contributed by atoms with Crippen molar-refractivity contribution in [3.05, 3.63) is 56.7 Å². The molecule has 1 amide bonds. The van der Waals surface area contributed by atoms with Gasteiger partial charge in [-0.3, -0.25) is 14.4 Å². The number of ether oxygens (including phenoxy) is 1. The molecule has 0 aliphatic carbocycles. The first-order valence-corrected chi connectivity index (χ1v) is 11.0. The number of halogens is 1. The van der Waals surface area contributed by atoms with E-state index in [1.165, 1.54) is 35.9 Å². The molecular weight excluding hydrogens is 421 g/mol. The number of aryl methyl sites for hydroxylation is 1. The average molecular weight is 441 g/mol. The molecule has 1 saturated heterocycles. The van der Waals surface area contributed by atoms with E-state index >= 15 is 0 Å². The predicted octanol–water partition coefficient (Wildman–Crippen LogP) is 3.32. The smallest absolute Gasteiger partial charge is 0.264 e. The minimum Gasteiger partial charge on any atom is -0.489 e. The van der Waals surface area contributed by atoms with Crippen molar-refractivity contribution in [1.82, 2.24) is 14.9 Å². The number of hydrogen-bond acceptors (Lipinski definition) is 6. The maximum atomic E-state index is 13.4. The molecule has 3 aromatic rings. The lowest BCUT2D eigenvalue weighted by Gasteiger charge is -2.37. The van der Waals surface area contributed by atoms with Crippen LogP contribution in [0.25, 0.3) is 10.2 Å². The van der Waals surface area contributed by atoms with E-state index in [0.29, 0.717) is 57.9 Å². The molecule has 1 fully saturated rings. The molecule has 31 heavy (non-hydrogen) atoms. The van der Waals surface area contributed by atoms with Crippen LogP contribution in [-0.4, -0.2) is 45.8 Å². The molecule has 2 aliphatic rings. The van der Waals surface area contributed by atoms with Crippen molar-refractivity contribution in [2.45, 2.75) is 32.3 Å². The summed E-state index contributed by atoms with van der Waals surface area (Å²) in [5.41, 5.74) is 0.718. The number of H-pyrrole nitrogens is 1. The Balaban J connectivity index is 1.29. The van der Waals surface area contributed by atoms with Gasteiger partial charge >= 0.3 is 0 Å². The molecule has 5 rings (SSSR count). The number of nitrogens with zero attached hydrogens (tertiary/aromatic N) is 2. The molecule has 0 radical (unpaired) electrons. The summed E-state index contributed by atoms with van der Waals surface area (Å²) in [7, 11) is 0. The van der Waals surface area contributed by atoms with Crippen LogP contribution in [-0.2, 0) is 0 Å². The van der Waals surface area contributed by atoms with Gasteiger partial charge in [0.2, 0.25) is 0 Å². The summed E-state index contributed by atoms with van der Waals surface area (Å²) in [4.78, 5) is 47.3. The van der Waals surface area contributed by atoms with Gasteiger partial charge < -0.3 is 14.6 Å². The van der Waals surface area contributed by atoms with Crippen molar-refractivity contribution in [3.8, 4) is 5.75 Å². The zero-order valence-corrected chi connectivity index (χ0v) is 17.6. The van der Waals surface area contributed by atoms with E-state index in [1.807, 2.05) is 0 Å². The largest absolute Gasteiger partial charge is 0.489 e. The first-order valence-electron chi connectivity index (χ1n) is 10.2. The second-order valence-electron chi connectivity index (χ2n) is 8.02. The van der Waals surface area contributed by atoms with Crippen molar-refractivity contribution >= 4 is 33.2 Å². The Morgan fingerprint density at radius 3 is 2.81 bits per heavy atom. The summed E-state index contributed by atoms with van der Waals surface area (Å²) < 4.78 is 19.4. The van der Waals surface area contributed by atoms with Gasteiger partial charge in [-0.1, -0.05) is 0 Å². The van der Waals surface area contributed by atoms with Crippen LogP contribution in [0.2, 0.25) is 0 Å². The minimum absolute atomic E-state index is 0.0974. The van der Waals surface area contributed by atoms with Crippen LogP contribution in [0.1, 0.15) is 44.9 Å². The highest BCUT2D eigenvalue weighted by molar-refractivity contribution is 7.20. The lowest BCUT2D eigenvalue weighted by atomic mass is 9.86. The van der Waals surface area contributed by atoms with E-state index in [2.05, 4.69) is 9.97 Å². The number of amides is 1. The summed E-state index contributed by atoms with van der Waals surface area (Å²) in [6.45, 7) is 2.87. The number of aromatic amines is 1. The number of carbonyl (C=O) groups is 2. The van der Waals surface area contributed by atoms with Crippen molar-refractivity contribution in [2.24, 2.45) is 5.92 Å². The summed E-state index contributed by atoms with van der Waals surface area (Å²) >= 11 is 1.24. The first kappa shape index (κ1) is 19.9. The number of hydrogen-bond donors (Lipinski definition) is 1. The molecule has 2 aromatic heterocycles. The Bertz CT molecular complexity index is 1260. The van der Waals surface area contributed by atoms with Crippen molar-refractivity contribution in [2.75, 3.05) is 13.1 Å². The molecule has 7 nitrogen and oxygen atoms in total. The highest BCUT2D eigenvalue weighted by Gasteiger charge is 2.36. The van der Waals surface area contributed by atoms with Gasteiger partial charge in [0.05, 0.1) is 22.2 Å². The van der Waals surface area contributed by atoms with Gasteiger partial charge in [0.15, 0.2) is 5.78 Å². The van der Waals surface area contributed by atoms with Crippen LogP contribution in [0, 0.1) is 18.7 Å². The second-order valence-corrected chi connectivity index (χ2v) is 9.02. The molecule has 0 spiro atoms. The molecular formula is C22H20FN3O4S. The fourth-order valence-electron chi connectivity index (χ4n) is 4.48. The molecule has 1 atom stereocenters. The Morgan fingerprint density at radius 1 is 1.29 bits per heavy atom. The van der Waals surface area contributed by atoms with Gasteiger partial charge in [-0.15, -0.1) is 11.3 Å². The second kappa shape index (κ2) is 7.56. The Morgan fingerprint density at radius 2 is 2.06 bits per heavy atom. The van der Waals surface area contributed by atoms with Crippen LogP contribution in [0.15, 0.2) is 29.3 Å². The third-order valence-corrected chi connectivity index (χ3v) is 7.37. The maximum absolute atomic E-state index is 13.4. The third-order valence-electron chi connectivity index (χ3n) is 6.19. The zero-order valence-electron chi connectivity index (χ0n) is 16.8. The van der Waals surface area contributed by atoms with Gasteiger partial charge in [0.25, 0.3) is 11.5 Å². The molecule has 9 heteroatoms. The molecule has 1 N–H and O–H groups in total. The highest BCUT2D eigenvalue weighted by atomic mass is 32.1. The number of fused-ring (bicyclic) bond motifs is 2. The molecule has 0 bridgehead atoms. The van der Waals surface area contributed by atoms with Crippen LogP contribution >= 0.6 is 11.3 Å². The van der Waals surface area contributed by atoms with Crippen LogP contribution in [0.3, 0.4) is 0 Å². The highest BCUT2D eigenvalue weighted by Crippen LogP contribution is 2.35. The summed E-state index contributed by atoms with van der Waals surface area (Å²) in [6, 6.07) is 4.03. The first-order chi connectivity index (χ1) is 14.9. The SMILES string of the molecule is Cc1c(C(=O)N2CCC([C@@H]3CC(=O)c4cc(F)ccc4O3)CC2)sc2nc[nH]c(=O)c12. The zero-order chi connectivity index (χ0) is 21.7. The van der Waals surface area contributed by atoms with Crippen molar-refractivity contribution in [1.29, 1.82) is 0 Å². The molecule has 160 valence electrons. The number of aromatic nitrogens is 2. The van der Waals surface area contributed by atoms with Crippen LogP contribution < -0.4 is 10.3 Å². The fraction of sp³-hybridized carbons (Fsp3) is 0.364. The number of nitrogens with one attached hydrogen (secondary N) is 1. The van der Waals surface area contributed by atoms with Crippen LogP contribution in [0.4, 0.5) is 4.39 Å². The fourth-order valence-corrected chi connectivity index (χ4v) is 5.60. The van der Waals surface area contributed by atoms with E-state index in [4.69, 9.17) is 4.74 Å². The number of Topliss-reactive ketones (excluding diaryl/α,β-unsaturated/α-hetero) is 1. The Kier molecular flexibility index (Phi) is 4.85. The van der Waals surface area contributed by atoms with Gasteiger partial charge in [-0.25, -0.2) is 9.37 Å². The van der Waals surface area contributed by atoms with Crippen molar-refractivity contribution < 1.29 is 18.7 Å². The molecule has 4 heterocycles. The summed E-state index contributed by atoms with van der Waals surface area (Å²) in [5, 5.41) is 0.468. The Hall–Kier alpha value is -3.07. The number of benzene rings is 1. The van der Waals surface area contributed by atoms with Gasteiger partial charge in [-0.05, 0) is 49.4 Å².